The molecular weight excluding hydrogens is 454 g/mol. The molecule has 4 nitrogen and oxygen atoms in total. The first-order valence-electron chi connectivity index (χ1n) is 10.8. The van der Waals surface area contributed by atoms with Crippen LogP contribution >= 0.6 is 11.8 Å². The fourth-order valence-electron chi connectivity index (χ4n) is 3.55. The maximum atomic E-state index is 13.6. The van der Waals surface area contributed by atoms with Crippen molar-refractivity contribution in [2.24, 2.45) is 5.92 Å². The standard InChI is InChI=1S/C27H22F2N2O2S/c1-33-25-12-8-17(7-11-24(32)19-9-10-19)13-20(25)16-34-27-22(15-30)21(14-23(31-27)26(28)29)18-5-3-2-4-6-18/h2-8,11-14,19,26H,9-10,16H2,1H3/b11-7+. The Kier molecular flexibility index (Phi) is 7.39. The molecule has 172 valence electrons. The van der Waals surface area contributed by atoms with Crippen molar-refractivity contribution in [2.45, 2.75) is 30.0 Å². The molecule has 0 atom stereocenters. The number of ether oxygens (including phenoxy) is 1. The molecule has 2 aromatic carbocycles. The average Bonchev–Trinajstić information content (AvgIpc) is 3.71. The third-order valence-corrected chi connectivity index (χ3v) is 6.54. The van der Waals surface area contributed by atoms with Gasteiger partial charge < -0.3 is 4.74 Å². The maximum Gasteiger partial charge on any atom is 0.280 e. The fraction of sp³-hybridized carbons (Fsp3) is 0.222. The highest BCUT2D eigenvalue weighted by atomic mass is 32.2. The molecule has 0 N–H and O–H groups in total. The van der Waals surface area contributed by atoms with Crippen molar-refractivity contribution >= 4 is 23.6 Å². The lowest BCUT2D eigenvalue weighted by Crippen LogP contribution is -2.00. The molecule has 0 radical (unpaired) electrons. The maximum absolute atomic E-state index is 13.6. The van der Waals surface area contributed by atoms with E-state index in [1.807, 2.05) is 18.2 Å². The lowest BCUT2D eigenvalue weighted by molar-refractivity contribution is -0.115. The van der Waals surface area contributed by atoms with E-state index >= 15 is 0 Å². The van der Waals surface area contributed by atoms with Crippen LogP contribution in [-0.4, -0.2) is 17.9 Å². The molecule has 1 fully saturated rings. The minimum absolute atomic E-state index is 0.131. The number of pyridine rings is 1. The van der Waals surface area contributed by atoms with E-state index < -0.39 is 6.43 Å². The second kappa shape index (κ2) is 10.6. The molecule has 1 aromatic heterocycles. The van der Waals surface area contributed by atoms with Gasteiger partial charge in [0, 0.05) is 22.8 Å². The molecule has 1 aliphatic rings. The fourth-order valence-corrected chi connectivity index (χ4v) is 4.54. The van der Waals surface area contributed by atoms with Crippen LogP contribution < -0.4 is 4.74 Å². The first-order valence-corrected chi connectivity index (χ1v) is 11.8. The summed E-state index contributed by atoms with van der Waals surface area (Å²) in [5.74, 6) is 1.27. The van der Waals surface area contributed by atoms with E-state index in [0.717, 1.165) is 24.0 Å². The number of nitrogens with zero attached hydrogens (tertiary/aromatic N) is 2. The average molecular weight is 477 g/mol. The normalized spacial score (nSPS) is 13.3. The van der Waals surface area contributed by atoms with Crippen LogP contribution in [0.1, 0.15) is 41.7 Å². The number of methoxy groups -OCH3 is 1. The lowest BCUT2D eigenvalue weighted by atomic mass is 10.0. The van der Waals surface area contributed by atoms with E-state index in [1.54, 1.807) is 49.6 Å². The van der Waals surface area contributed by atoms with Crippen molar-refractivity contribution in [3.8, 4) is 22.9 Å². The van der Waals surface area contributed by atoms with Crippen LogP contribution in [0, 0.1) is 17.2 Å². The Labute approximate surface area is 201 Å². The van der Waals surface area contributed by atoms with Crippen molar-refractivity contribution in [3.05, 3.63) is 83.1 Å². The Hall–Kier alpha value is -3.50. The molecule has 1 heterocycles. The molecule has 1 aliphatic carbocycles. The van der Waals surface area contributed by atoms with Gasteiger partial charge in [0.15, 0.2) is 5.78 Å². The van der Waals surface area contributed by atoms with Gasteiger partial charge in [0.25, 0.3) is 6.43 Å². The van der Waals surface area contributed by atoms with E-state index in [4.69, 9.17) is 4.74 Å². The quantitative estimate of drug-likeness (QED) is 0.250. The van der Waals surface area contributed by atoms with Gasteiger partial charge in [0.1, 0.15) is 22.5 Å². The molecule has 0 amide bonds. The number of benzene rings is 2. The summed E-state index contributed by atoms with van der Waals surface area (Å²) in [6.07, 6.45) is 2.51. The molecule has 4 rings (SSSR count). The highest BCUT2D eigenvalue weighted by Gasteiger charge is 2.27. The third kappa shape index (κ3) is 5.52. The van der Waals surface area contributed by atoms with Crippen molar-refractivity contribution in [2.75, 3.05) is 7.11 Å². The molecule has 34 heavy (non-hydrogen) atoms. The molecule has 3 aromatic rings. The van der Waals surface area contributed by atoms with Crippen LogP contribution in [0.2, 0.25) is 0 Å². The number of halogens is 2. The highest BCUT2D eigenvalue weighted by molar-refractivity contribution is 7.98. The number of hydrogen-bond donors (Lipinski definition) is 0. The second-order valence-electron chi connectivity index (χ2n) is 7.92. The highest BCUT2D eigenvalue weighted by Crippen LogP contribution is 2.36. The summed E-state index contributed by atoms with van der Waals surface area (Å²) in [4.78, 5) is 16.1. The van der Waals surface area contributed by atoms with Crippen LogP contribution in [-0.2, 0) is 10.5 Å². The van der Waals surface area contributed by atoms with Crippen LogP contribution in [0.4, 0.5) is 8.78 Å². The van der Waals surface area contributed by atoms with Crippen LogP contribution in [0.3, 0.4) is 0 Å². The largest absolute Gasteiger partial charge is 0.496 e. The Bertz CT molecular complexity index is 1270. The number of thioether (sulfide) groups is 1. The summed E-state index contributed by atoms with van der Waals surface area (Å²) in [6, 6.07) is 18.0. The zero-order valence-electron chi connectivity index (χ0n) is 18.5. The molecule has 0 bridgehead atoms. The van der Waals surface area contributed by atoms with Crippen LogP contribution in [0.5, 0.6) is 5.75 Å². The van der Waals surface area contributed by atoms with E-state index in [0.29, 0.717) is 22.6 Å². The van der Waals surface area contributed by atoms with Gasteiger partial charge >= 0.3 is 0 Å². The summed E-state index contributed by atoms with van der Waals surface area (Å²) >= 11 is 1.20. The minimum Gasteiger partial charge on any atom is -0.496 e. The van der Waals surface area contributed by atoms with Crippen molar-refractivity contribution < 1.29 is 18.3 Å². The first-order chi connectivity index (χ1) is 16.5. The molecule has 1 saturated carbocycles. The van der Waals surface area contributed by atoms with Gasteiger partial charge in [-0.3, -0.25) is 4.79 Å². The summed E-state index contributed by atoms with van der Waals surface area (Å²) in [6.45, 7) is 0. The first kappa shape index (κ1) is 23.7. The number of aromatic nitrogens is 1. The van der Waals surface area contributed by atoms with Gasteiger partial charge in [-0.05, 0) is 48.2 Å². The molecule has 0 aliphatic heterocycles. The monoisotopic (exact) mass is 476 g/mol. The van der Waals surface area contributed by atoms with E-state index in [2.05, 4.69) is 11.1 Å². The van der Waals surface area contributed by atoms with Gasteiger partial charge in [-0.15, -0.1) is 11.8 Å². The number of nitriles is 1. The Balaban J connectivity index is 1.65. The van der Waals surface area contributed by atoms with Crippen molar-refractivity contribution in [1.82, 2.24) is 4.98 Å². The molecule has 0 saturated heterocycles. The van der Waals surface area contributed by atoms with Crippen molar-refractivity contribution in [1.29, 1.82) is 5.26 Å². The summed E-state index contributed by atoms with van der Waals surface area (Å²) in [5, 5.41) is 10.1. The summed E-state index contributed by atoms with van der Waals surface area (Å²) < 4.78 is 32.7. The Morgan fingerprint density at radius 2 is 2.00 bits per heavy atom. The zero-order valence-corrected chi connectivity index (χ0v) is 19.3. The topological polar surface area (TPSA) is 63.0 Å². The number of hydrogen-bond acceptors (Lipinski definition) is 5. The Morgan fingerprint density at radius 1 is 1.24 bits per heavy atom. The number of carbonyl (C=O) groups is 1. The van der Waals surface area contributed by atoms with E-state index in [9.17, 15) is 18.8 Å². The predicted octanol–water partition coefficient (Wildman–Crippen LogP) is 6.85. The number of carbonyl (C=O) groups excluding carboxylic acids is 1. The molecule has 0 spiro atoms. The SMILES string of the molecule is COc1ccc(/C=C/C(=O)C2CC2)cc1CSc1nc(C(F)F)cc(-c2ccccc2)c1C#N. The summed E-state index contributed by atoms with van der Waals surface area (Å²) in [5.41, 5.74) is 2.63. The smallest absolute Gasteiger partial charge is 0.280 e. The number of ketones is 1. The minimum atomic E-state index is -2.76. The predicted molar refractivity (Wildman–Crippen MR) is 129 cm³/mol. The Morgan fingerprint density at radius 3 is 2.65 bits per heavy atom. The second-order valence-corrected chi connectivity index (χ2v) is 8.89. The molecule has 7 heteroatoms. The van der Waals surface area contributed by atoms with E-state index in [-0.39, 0.29) is 28.0 Å². The van der Waals surface area contributed by atoms with Gasteiger partial charge in [-0.25, -0.2) is 13.8 Å². The lowest BCUT2D eigenvalue weighted by Gasteiger charge is -2.13. The number of allylic oxidation sites excluding steroid dienone is 1. The number of alkyl halides is 2. The molecule has 0 unspecified atom stereocenters. The van der Waals surface area contributed by atoms with Gasteiger partial charge in [-0.2, -0.15) is 5.26 Å². The van der Waals surface area contributed by atoms with Gasteiger partial charge in [0.2, 0.25) is 0 Å². The third-order valence-electron chi connectivity index (χ3n) is 5.51. The van der Waals surface area contributed by atoms with Crippen LogP contribution in [0.15, 0.2) is 65.7 Å². The van der Waals surface area contributed by atoms with Crippen LogP contribution in [0.25, 0.3) is 17.2 Å². The number of rotatable bonds is 9. The van der Waals surface area contributed by atoms with Crippen molar-refractivity contribution in [3.63, 3.8) is 0 Å². The molecular formula is C27H22F2N2O2S. The summed E-state index contributed by atoms with van der Waals surface area (Å²) in [7, 11) is 1.56. The van der Waals surface area contributed by atoms with E-state index in [1.165, 1.54) is 17.8 Å². The van der Waals surface area contributed by atoms with Gasteiger partial charge in [-0.1, -0.05) is 42.5 Å². The van der Waals surface area contributed by atoms with Gasteiger partial charge in [0.05, 0.1) is 12.7 Å². The zero-order chi connectivity index (χ0) is 24.1.